The Morgan fingerprint density at radius 1 is 0.538 bits per heavy atom. The third-order valence-corrected chi connectivity index (χ3v) is 14.3. The van der Waals surface area contributed by atoms with Crippen molar-refractivity contribution in [3.8, 4) is 22.3 Å². The molecule has 252 valence electrons. The van der Waals surface area contributed by atoms with Crippen molar-refractivity contribution in [3.05, 3.63) is 150 Å². The summed E-state index contributed by atoms with van der Waals surface area (Å²) in [5, 5.41) is 2.22. The van der Waals surface area contributed by atoms with Crippen LogP contribution in [0.3, 0.4) is 0 Å². The van der Waals surface area contributed by atoms with E-state index in [4.69, 9.17) is 9.97 Å². The Hall–Kier alpha value is -5.28. The van der Waals surface area contributed by atoms with Gasteiger partial charge >= 0.3 is 0 Å². The molecule has 0 saturated heterocycles. The van der Waals surface area contributed by atoms with E-state index in [1.165, 1.54) is 76.9 Å². The van der Waals surface area contributed by atoms with Gasteiger partial charge in [0.1, 0.15) is 0 Å². The van der Waals surface area contributed by atoms with E-state index in [9.17, 15) is 0 Å². The third-order valence-electron chi connectivity index (χ3n) is 14.3. The van der Waals surface area contributed by atoms with Crippen LogP contribution in [-0.4, -0.2) is 9.97 Å². The van der Waals surface area contributed by atoms with Gasteiger partial charge in [0.05, 0.1) is 28.6 Å². The van der Waals surface area contributed by atoms with Crippen molar-refractivity contribution in [1.82, 2.24) is 9.97 Å². The fraction of sp³-hybridized carbons (Fsp3) is 0.265. The van der Waals surface area contributed by atoms with Crippen molar-refractivity contribution in [3.63, 3.8) is 0 Å². The number of anilines is 3. The molecule has 0 N–H and O–H groups in total. The number of nitrogens with zero attached hydrogens (tertiary/aromatic N) is 3. The van der Waals surface area contributed by atoms with E-state index in [0.29, 0.717) is 0 Å². The highest BCUT2D eigenvalue weighted by atomic mass is 15.2. The zero-order valence-electron chi connectivity index (χ0n) is 29.8. The lowest BCUT2D eigenvalue weighted by Gasteiger charge is -2.61. The number of hydrogen-bond donors (Lipinski definition) is 0. The number of fused-ring (bicyclic) bond motifs is 9. The van der Waals surface area contributed by atoms with E-state index in [-0.39, 0.29) is 10.8 Å². The quantitative estimate of drug-likeness (QED) is 0.175. The molecule has 0 amide bonds. The SMILES string of the molecule is CC1(C)c2ccccc2-c2ccc(N(c3cnc4c(ccc5cccnc54)c3)c3cccc4c3-c3ccccc3C43C4CC5CC(C4)CC3C5)cc21. The van der Waals surface area contributed by atoms with Crippen LogP contribution in [0.25, 0.3) is 44.1 Å². The van der Waals surface area contributed by atoms with Crippen LogP contribution in [0.4, 0.5) is 17.1 Å². The van der Waals surface area contributed by atoms with Gasteiger partial charge in [0.15, 0.2) is 0 Å². The van der Waals surface area contributed by atoms with E-state index >= 15 is 0 Å². The number of aromatic nitrogens is 2. The molecule has 0 atom stereocenters. The van der Waals surface area contributed by atoms with Gasteiger partial charge in [-0.25, -0.2) is 0 Å². The summed E-state index contributed by atoms with van der Waals surface area (Å²) in [7, 11) is 0. The Balaban J connectivity index is 1.12. The first kappa shape index (κ1) is 29.3. The molecule has 1 spiro atoms. The van der Waals surface area contributed by atoms with Gasteiger partial charge in [-0.3, -0.25) is 9.97 Å². The topological polar surface area (TPSA) is 29.0 Å². The predicted molar refractivity (Wildman–Crippen MR) is 213 cm³/mol. The first-order valence-electron chi connectivity index (χ1n) is 19.4. The molecular formula is C49H41N3. The molecule has 7 aromatic rings. The van der Waals surface area contributed by atoms with E-state index in [1.54, 1.807) is 11.1 Å². The number of benzene rings is 5. The minimum Gasteiger partial charge on any atom is -0.308 e. The maximum Gasteiger partial charge on any atom is 0.0966 e. The Morgan fingerprint density at radius 3 is 2.06 bits per heavy atom. The lowest BCUT2D eigenvalue weighted by molar-refractivity contribution is -0.0399. The van der Waals surface area contributed by atoms with Crippen LogP contribution in [0.5, 0.6) is 0 Å². The van der Waals surface area contributed by atoms with Crippen molar-refractivity contribution in [1.29, 1.82) is 0 Å². The molecule has 6 aliphatic carbocycles. The molecule has 0 unspecified atom stereocenters. The van der Waals surface area contributed by atoms with Crippen molar-refractivity contribution in [2.45, 2.75) is 56.8 Å². The van der Waals surface area contributed by atoms with Crippen LogP contribution >= 0.6 is 0 Å². The monoisotopic (exact) mass is 671 g/mol. The standard InChI is InChI=1S/C49H41N3/c1-48(2)40-12-5-3-10-37(40)38-19-18-35(27-43(38)48)52(36-26-32-17-16-31-9-8-20-50-46(31)47(32)51-28-36)44-15-7-14-42-45(44)39-11-4-6-13-41(39)49(42)33-22-29-21-30(24-33)25-34(49)23-29/h3-20,26-30,33-34H,21-25H2,1-2H3. The minimum atomic E-state index is -0.102. The van der Waals surface area contributed by atoms with Crippen LogP contribution in [0.1, 0.15) is 68.2 Å². The Labute approximate surface area is 305 Å². The van der Waals surface area contributed by atoms with Crippen LogP contribution < -0.4 is 4.90 Å². The molecule has 52 heavy (non-hydrogen) atoms. The molecule has 3 heteroatoms. The van der Waals surface area contributed by atoms with Crippen molar-refractivity contribution in [2.24, 2.45) is 23.7 Å². The Morgan fingerprint density at radius 2 is 1.23 bits per heavy atom. The van der Waals surface area contributed by atoms with Crippen LogP contribution in [-0.2, 0) is 10.8 Å². The first-order valence-corrected chi connectivity index (χ1v) is 19.4. The molecule has 13 rings (SSSR count). The van der Waals surface area contributed by atoms with Gasteiger partial charge in [-0.2, -0.15) is 0 Å². The summed E-state index contributed by atoms with van der Waals surface area (Å²) < 4.78 is 0. The third kappa shape index (κ3) is 3.66. The Kier molecular flexibility index (Phi) is 5.74. The normalized spacial score (nSPS) is 25.3. The maximum atomic E-state index is 5.19. The predicted octanol–water partition coefficient (Wildman–Crippen LogP) is 12.3. The zero-order chi connectivity index (χ0) is 34.3. The van der Waals surface area contributed by atoms with Gasteiger partial charge < -0.3 is 4.90 Å². The summed E-state index contributed by atoms with van der Waals surface area (Å²) in [4.78, 5) is 12.5. The van der Waals surface area contributed by atoms with Crippen molar-refractivity contribution < 1.29 is 0 Å². The molecule has 0 radical (unpaired) electrons. The van der Waals surface area contributed by atoms with Crippen LogP contribution in [0.2, 0.25) is 0 Å². The molecule has 2 aromatic heterocycles. The van der Waals surface area contributed by atoms with E-state index in [0.717, 1.165) is 51.2 Å². The van der Waals surface area contributed by atoms with Gasteiger partial charge in [-0.05, 0) is 125 Å². The molecule has 5 aromatic carbocycles. The highest BCUT2D eigenvalue weighted by Gasteiger charge is 2.61. The fourth-order valence-corrected chi connectivity index (χ4v) is 12.5. The van der Waals surface area contributed by atoms with Gasteiger partial charge in [0, 0.05) is 39.1 Å². The van der Waals surface area contributed by atoms with E-state index < -0.39 is 0 Å². The lowest BCUT2D eigenvalue weighted by Crippen LogP contribution is -2.55. The van der Waals surface area contributed by atoms with Gasteiger partial charge in [0.25, 0.3) is 0 Å². The van der Waals surface area contributed by atoms with Gasteiger partial charge in [-0.15, -0.1) is 0 Å². The average molecular weight is 672 g/mol. The smallest absolute Gasteiger partial charge is 0.0966 e. The van der Waals surface area contributed by atoms with Gasteiger partial charge in [0.2, 0.25) is 0 Å². The molecule has 4 saturated carbocycles. The summed E-state index contributed by atoms with van der Waals surface area (Å²) in [5.41, 5.74) is 16.9. The summed E-state index contributed by atoms with van der Waals surface area (Å²) in [5.74, 6) is 3.27. The second-order valence-corrected chi connectivity index (χ2v) is 17.1. The van der Waals surface area contributed by atoms with Crippen molar-refractivity contribution >= 4 is 38.9 Å². The van der Waals surface area contributed by atoms with Crippen molar-refractivity contribution in [2.75, 3.05) is 4.90 Å². The zero-order valence-corrected chi connectivity index (χ0v) is 29.8. The molecule has 2 heterocycles. The summed E-state index contributed by atoms with van der Waals surface area (Å²) in [6.07, 6.45) is 10.9. The number of rotatable bonds is 3. The number of pyridine rings is 2. The fourth-order valence-electron chi connectivity index (χ4n) is 12.5. The van der Waals surface area contributed by atoms with Crippen LogP contribution in [0, 0.1) is 23.7 Å². The maximum absolute atomic E-state index is 5.19. The largest absolute Gasteiger partial charge is 0.308 e. The second kappa shape index (κ2) is 10.2. The summed E-state index contributed by atoms with van der Waals surface area (Å²) >= 11 is 0. The molecule has 0 aliphatic heterocycles. The number of hydrogen-bond acceptors (Lipinski definition) is 3. The molecular weight excluding hydrogens is 631 g/mol. The Bertz CT molecular complexity index is 2620. The van der Waals surface area contributed by atoms with Crippen LogP contribution in [0.15, 0.2) is 128 Å². The highest BCUT2D eigenvalue weighted by molar-refractivity contribution is 6.04. The van der Waals surface area contributed by atoms with Gasteiger partial charge in [-0.1, -0.05) is 98.8 Å². The summed E-state index contributed by atoms with van der Waals surface area (Å²) in [6.45, 7) is 4.77. The first-order chi connectivity index (χ1) is 25.5. The molecule has 3 nitrogen and oxygen atoms in total. The molecule has 4 fully saturated rings. The van der Waals surface area contributed by atoms with E-state index in [1.807, 2.05) is 12.3 Å². The van der Waals surface area contributed by atoms with E-state index in [2.05, 4.69) is 134 Å². The average Bonchev–Trinajstić information content (AvgIpc) is 3.60. The molecule has 6 aliphatic rings. The minimum absolute atomic E-state index is 0.102. The highest BCUT2D eigenvalue weighted by Crippen LogP contribution is 2.70. The second-order valence-electron chi connectivity index (χ2n) is 17.1. The lowest BCUT2D eigenvalue weighted by atomic mass is 9.43. The summed E-state index contributed by atoms with van der Waals surface area (Å²) in [6, 6.07) is 43.8. The molecule has 4 bridgehead atoms.